The topological polar surface area (TPSA) is 61.4 Å². The molecule has 1 aliphatic heterocycles. The summed E-state index contributed by atoms with van der Waals surface area (Å²) in [5.41, 5.74) is 4.64. The minimum absolute atomic E-state index is 0.354. The Hall–Kier alpha value is -1.69. The van der Waals surface area contributed by atoms with Crippen LogP contribution in [0.15, 0.2) is 30.3 Å². The van der Waals surface area contributed by atoms with Gasteiger partial charge in [0, 0.05) is 23.8 Å². The largest absolute Gasteiger partial charge is 0.389 e. The molecule has 0 radical (unpaired) electrons. The number of benzene rings is 1. The van der Waals surface area contributed by atoms with Crippen molar-refractivity contribution in [3.05, 3.63) is 52.8 Å². The van der Waals surface area contributed by atoms with Crippen LogP contribution in [0.25, 0.3) is 0 Å². The van der Waals surface area contributed by atoms with Crippen molar-refractivity contribution in [3.8, 4) is 0 Å². The first-order chi connectivity index (χ1) is 11.6. The van der Waals surface area contributed by atoms with Gasteiger partial charge in [0.2, 0.25) is 0 Å². The fraction of sp³-hybridized carbons (Fsp3) is 0.526. The second-order valence-electron chi connectivity index (χ2n) is 6.66. The van der Waals surface area contributed by atoms with Crippen LogP contribution in [0, 0.1) is 13.8 Å². The molecule has 2 N–H and O–H groups in total. The summed E-state index contributed by atoms with van der Waals surface area (Å²) in [6.07, 6.45) is 1.81. The van der Waals surface area contributed by atoms with Gasteiger partial charge in [-0.05, 0) is 38.8 Å². The lowest BCUT2D eigenvalue weighted by Crippen LogP contribution is -2.34. The number of aliphatic hydroxyl groups is 1. The Morgan fingerprint density at radius 2 is 2.12 bits per heavy atom. The number of hydrogen-bond acceptors (Lipinski definition) is 4. The predicted molar refractivity (Wildman–Crippen MR) is 93.7 cm³/mol. The highest BCUT2D eigenvalue weighted by Gasteiger charge is 2.30. The number of aryl methyl sites for hydroxylation is 2. The Morgan fingerprint density at radius 1 is 1.33 bits per heavy atom. The Balaban J connectivity index is 1.51. The van der Waals surface area contributed by atoms with E-state index in [1.165, 1.54) is 5.56 Å². The van der Waals surface area contributed by atoms with Gasteiger partial charge in [-0.1, -0.05) is 30.3 Å². The van der Waals surface area contributed by atoms with E-state index in [2.05, 4.69) is 28.9 Å². The maximum Gasteiger partial charge on any atom is 0.0900 e. The lowest BCUT2D eigenvalue weighted by molar-refractivity contribution is 0.00765. The van der Waals surface area contributed by atoms with Gasteiger partial charge in [0.15, 0.2) is 0 Å². The third-order valence-electron chi connectivity index (χ3n) is 4.75. The number of likely N-dealkylation sites (tertiary alicyclic amines) is 1. The fourth-order valence-electron chi connectivity index (χ4n) is 3.63. The molecule has 0 saturated carbocycles. The maximum atomic E-state index is 10.4. The summed E-state index contributed by atoms with van der Waals surface area (Å²) in [7, 11) is 0. The van der Waals surface area contributed by atoms with Gasteiger partial charge >= 0.3 is 0 Å². The molecule has 5 heteroatoms. The number of aromatic amines is 1. The molecule has 5 nitrogen and oxygen atoms in total. The predicted octanol–water partition coefficient (Wildman–Crippen LogP) is 2.74. The molecule has 2 unspecified atom stereocenters. The minimum atomic E-state index is -0.471. The standard InChI is InChI=1S/C19H27N3O2/c1-14-19(15(2)21-20-14)18-9-6-10-22(18)11-17(23)13-24-12-16-7-4-3-5-8-16/h3-5,7-8,17-18,23H,6,9-13H2,1-2H3,(H,20,21). The molecule has 1 aliphatic rings. The van der Waals surface area contributed by atoms with Gasteiger partial charge in [0.25, 0.3) is 0 Å². The van der Waals surface area contributed by atoms with Crippen LogP contribution in [0.2, 0.25) is 0 Å². The van der Waals surface area contributed by atoms with E-state index in [4.69, 9.17) is 4.74 Å². The van der Waals surface area contributed by atoms with E-state index in [9.17, 15) is 5.11 Å². The number of aromatic nitrogens is 2. The number of nitrogens with zero attached hydrogens (tertiary/aromatic N) is 2. The fourth-order valence-corrected chi connectivity index (χ4v) is 3.63. The van der Waals surface area contributed by atoms with Gasteiger partial charge in [-0.3, -0.25) is 10.00 Å². The summed E-state index contributed by atoms with van der Waals surface area (Å²) in [5.74, 6) is 0. The lowest BCUT2D eigenvalue weighted by atomic mass is 10.0. The van der Waals surface area contributed by atoms with Gasteiger partial charge in [-0.2, -0.15) is 5.10 Å². The number of rotatable bonds is 7. The Kier molecular flexibility index (Phi) is 5.66. The molecule has 0 amide bonds. The van der Waals surface area contributed by atoms with Crippen LogP contribution < -0.4 is 0 Å². The van der Waals surface area contributed by atoms with Crippen LogP contribution in [0.4, 0.5) is 0 Å². The molecule has 1 saturated heterocycles. The molecular weight excluding hydrogens is 302 g/mol. The van der Waals surface area contributed by atoms with Crippen molar-refractivity contribution >= 4 is 0 Å². The second-order valence-corrected chi connectivity index (χ2v) is 6.66. The van der Waals surface area contributed by atoms with E-state index in [0.29, 0.717) is 25.8 Å². The zero-order chi connectivity index (χ0) is 16.9. The molecule has 24 heavy (non-hydrogen) atoms. The van der Waals surface area contributed by atoms with Gasteiger partial charge in [0.05, 0.1) is 25.0 Å². The Bertz CT molecular complexity index is 622. The van der Waals surface area contributed by atoms with E-state index in [1.807, 2.05) is 30.3 Å². The monoisotopic (exact) mass is 329 g/mol. The molecular formula is C19H27N3O2. The summed E-state index contributed by atoms with van der Waals surface area (Å²) in [6, 6.07) is 10.4. The zero-order valence-electron chi connectivity index (χ0n) is 14.5. The van der Waals surface area contributed by atoms with E-state index in [0.717, 1.165) is 36.3 Å². The smallest absolute Gasteiger partial charge is 0.0900 e. The highest BCUT2D eigenvalue weighted by atomic mass is 16.5. The number of H-pyrrole nitrogens is 1. The summed E-state index contributed by atoms with van der Waals surface area (Å²) < 4.78 is 5.67. The number of β-amino-alcohol motifs (C(OH)–C–C–N with tert-alkyl or cyclic N) is 1. The zero-order valence-corrected chi connectivity index (χ0v) is 14.5. The molecule has 1 aromatic carbocycles. The van der Waals surface area contributed by atoms with Crippen molar-refractivity contribution in [3.63, 3.8) is 0 Å². The number of nitrogens with one attached hydrogen (secondary N) is 1. The molecule has 2 atom stereocenters. The van der Waals surface area contributed by atoms with E-state index in [-0.39, 0.29) is 0 Å². The second kappa shape index (κ2) is 7.92. The van der Waals surface area contributed by atoms with E-state index < -0.39 is 6.10 Å². The van der Waals surface area contributed by atoms with Crippen molar-refractivity contribution in [1.82, 2.24) is 15.1 Å². The van der Waals surface area contributed by atoms with Crippen LogP contribution in [-0.2, 0) is 11.3 Å². The summed E-state index contributed by atoms with van der Waals surface area (Å²) in [4.78, 5) is 2.36. The molecule has 130 valence electrons. The Morgan fingerprint density at radius 3 is 2.83 bits per heavy atom. The number of hydrogen-bond donors (Lipinski definition) is 2. The van der Waals surface area contributed by atoms with Crippen molar-refractivity contribution in [2.75, 3.05) is 19.7 Å². The first-order valence-electron chi connectivity index (χ1n) is 8.70. The summed E-state index contributed by atoms with van der Waals surface area (Å²) in [5, 5.41) is 17.7. The molecule has 1 aromatic heterocycles. The first kappa shape index (κ1) is 17.1. The van der Waals surface area contributed by atoms with Gasteiger partial charge in [-0.15, -0.1) is 0 Å². The third-order valence-corrected chi connectivity index (χ3v) is 4.75. The molecule has 2 heterocycles. The first-order valence-corrected chi connectivity index (χ1v) is 8.70. The van der Waals surface area contributed by atoms with Crippen molar-refractivity contribution in [1.29, 1.82) is 0 Å². The van der Waals surface area contributed by atoms with Gasteiger partial charge < -0.3 is 9.84 Å². The van der Waals surface area contributed by atoms with Gasteiger partial charge in [-0.25, -0.2) is 0 Å². The average Bonchev–Trinajstić information content (AvgIpc) is 3.14. The van der Waals surface area contributed by atoms with Crippen LogP contribution >= 0.6 is 0 Å². The SMILES string of the molecule is Cc1n[nH]c(C)c1C1CCCN1CC(O)COCc1ccccc1. The molecule has 3 rings (SSSR count). The lowest BCUT2D eigenvalue weighted by Gasteiger charge is -2.27. The maximum absolute atomic E-state index is 10.4. The highest BCUT2D eigenvalue weighted by Crippen LogP contribution is 2.34. The van der Waals surface area contributed by atoms with E-state index in [1.54, 1.807) is 0 Å². The number of ether oxygens (including phenoxy) is 1. The summed E-state index contributed by atoms with van der Waals surface area (Å²) in [6.45, 7) is 6.69. The van der Waals surface area contributed by atoms with Crippen molar-refractivity contribution in [2.45, 2.75) is 45.4 Å². The van der Waals surface area contributed by atoms with Gasteiger partial charge in [0.1, 0.15) is 0 Å². The van der Waals surface area contributed by atoms with Crippen LogP contribution in [0.1, 0.15) is 41.4 Å². The Labute approximate surface area is 143 Å². The van der Waals surface area contributed by atoms with Crippen LogP contribution in [0.3, 0.4) is 0 Å². The van der Waals surface area contributed by atoms with Crippen LogP contribution in [-0.4, -0.2) is 46.0 Å². The normalized spacial score (nSPS) is 19.7. The molecule has 0 bridgehead atoms. The molecule has 0 aliphatic carbocycles. The highest BCUT2D eigenvalue weighted by molar-refractivity contribution is 5.28. The summed E-state index contributed by atoms with van der Waals surface area (Å²) >= 11 is 0. The molecule has 2 aromatic rings. The van der Waals surface area contributed by atoms with Crippen LogP contribution in [0.5, 0.6) is 0 Å². The molecule has 0 spiro atoms. The number of aliphatic hydroxyl groups excluding tert-OH is 1. The molecule has 1 fully saturated rings. The van der Waals surface area contributed by atoms with Crippen molar-refractivity contribution in [2.24, 2.45) is 0 Å². The average molecular weight is 329 g/mol. The van der Waals surface area contributed by atoms with Crippen molar-refractivity contribution < 1.29 is 9.84 Å². The third kappa shape index (κ3) is 4.04. The van der Waals surface area contributed by atoms with E-state index >= 15 is 0 Å². The minimum Gasteiger partial charge on any atom is -0.389 e. The quantitative estimate of drug-likeness (QED) is 0.820.